The Labute approximate surface area is 107 Å². The summed E-state index contributed by atoms with van der Waals surface area (Å²) in [5.41, 5.74) is 0.819. The van der Waals surface area contributed by atoms with Crippen molar-refractivity contribution < 1.29 is 4.48 Å². The lowest BCUT2D eigenvalue weighted by Crippen LogP contribution is -2.42. The quantitative estimate of drug-likeness (QED) is 0.766. The molecule has 2 rings (SSSR count). The summed E-state index contributed by atoms with van der Waals surface area (Å²) in [4.78, 5) is 16.6. The van der Waals surface area contributed by atoms with Crippen LogP contribution in [0.2, 0.25) is 0 Å². The smallest absolute Gasteiger partial charge is 0.261 e. The van der Waals surface area contributed by atoms with Crippen LogP contribution in [0.3, 0.4) is 0 Å². The minimum absolute atomic E-state index is 0.0525. The minimum Gasteiger partial charge on any atom is -0.327 e. The molecular formula is C14H20N3O+. The Kier molecular flexibility index (Phi) is 3.48. The third-order valence-electron chi connectivity index (χ3n) is 3.53. The zero-order chi connectivity index (χ0) is 13.2. The number of benzene rings is 1. The molecule has 18 heavy (non-hydrogen) atoms. The van der Waals surface area contributed by atoms with Gasteiger partial charge >= 0.3 is 0 Å². The molecule has 0 radical (unpaired) electrons. The zero-order valence-corrected chi connectivity index (χ0v) is 11.3. The second-order valence-corrected chi connectivity index (χ2v) is 5.24. The third kappa shape index (κ3) is 2.59. The van der Waals surface area contributed by atoms with Gasteiger partial charge < -0.3 is 4.48 Å². The first-order chi connectivity index (χ1) is 8.53. The summed E-state index contributed by atoms with van der Waals surface area (Å²) in [6.45, 7) is 4.84. The van der Waals surface area contributed by atoms with Crippen molar-refractivity contribution in [2.75, 3.05) is 27.2 Å². The molecule has 0 unspecified atom stereocenters. The van der Waals surface area contributed by atoms with Crippen molar-refractivity contribution in [3.05, 3.63) is 40.9 Å². The van der Waals surface area contributed by atoms with E-state index in [0.29, 0.717) is 11.9 Å². The van der Waals surface area contributed by atoms with Gasteiger partial charge in [0, 0.05) is 0 Å². The molecule has 0 amide bonds. The lowest BCUT2D eigenvalue weighted by atomic mass is 10.2. The Morgan fingerprint density at radius 3 is 2.72 bits per heavy atom. The number of fused-ring (bicyclic) bond motifs is 1. The Morgan fingerprint density at radius 1 is 1.28 bits per heavy atom. The van der Waals surface area contributed by atoms with Gasteiger partial charge in [-0.05, 0) is 19.1 Å². The molecule has 0 N–H and O–H groups in total. The van der Waals surface area contributed by atoms with Crippen molar-refractivity contribution in [3.63, 3.8) is 0 Å². The lowest BCUT2D eigenvalue weighted by Gasteiger charge is -2.28. The van der Waals surface area contributed by atoms with Crippen molar-refractivity contribution in [2.45, 2.75) is 13.5 Å². The molecule has 0 saturated carbocycles. The van der Waals surface area contributed by atoms with E-state index in [9.17, 15) is 4.79 Å². The van der Waals surface area contributed by atoms with Gasteiger partial charge in [-0.1, -0.05) is 12.1 Å². The van der Waals surface area contributed by atoms with E-state index in [2.05, 4.69) is 26.0 Å². The summed E-state index contributed by atoms with van der Waals surface area (Å²) >= 11 is 0. The van der Waals surface area contributed by atoms with Crippen LogP contribution in [0.15, 0.2) is 35.4 Å². The summed E-state index contributed by atoms with van der Waals surface area (Å²) in [6, 6.07) is 7.48. The Hall–Kier alpha value is -1.68. The van der Waals surface area contributed by atoms with Crippen molar-refractivity contribution in [1.29, 1.82) is 0 Å². The molecule has 0 spiro atoms. The molecule has 0 bridgehead atoms. The number of hydrogen-bond acceptors (Lipinski definition) is 2. The Balaban J connectivity index is 2.30. The monoisotopic (exact) mass is 246 g/mol. The van der Waals surface area contributed by atoms with Crippen LogP contribution in [-0.4, -0.2) is 41.2 Å². The average molecular weight is 246 g/mol. The van der Waals surface area contributed by atoms with Gasteiger partial charge in [-0.25, -0.2) is 4.98 Å². The Bertz CT molecular complexity index is 601. The van der Waals surface area contributed by atoms with Crippen LogP contribution in [0.5, 0.6) is 0 Å². The van der Waals surface area contributed by atoms with Crippen LogP contribution in [0.4, 0.5) is 0 Å². The van der Waals surface area contributed by atoms with Gasteiger partial charge in [0.15, 0.2) is 0 Å². The standard InChI is InChI=1S/C14H20N3O/c1-4-17(2,3)10-9-16-11-15-13-8-6-5-7-12(13)14(16)18/h5-8,11H,4,9-10H2,1-3H3/q+1. The highest BCUT2D eigenvalue weighted by atomic mass is 16.1. The SMILES string of the molecule is CC[N+](C)(C)CCn1cnc2ccccc2c1=O. The van der Waals surface area contributed by atoms with Gasteiger partial charge in [0.25, 0.3) is 5.56 Å². The third-order valence-corrected chi connectivity index (χ3v) is 3.53. The molecular weight excluding hydrogens is 226 g/mol. The molecule has 4 nitrogen and oxygen atoms in total. The topological polar surface area (TPSA) is 34.9 Å². The van der Waals surface area contributed by atoms with E-state index in [0.717, 1.165) is 23.1 Å². The molecule has 1 heterocycles. The largest absolute Gasteiger partial charge is 0.327 e. The van der Waals surface area contributed by atoms with Gasteiger partial charge in [0.1, 0.15) is 0 Å². The lowest BCUT2D eigenvalue weighted by molar-refractivity contribution is -0.889. The molecule has 96 valence electrons. The number of rotatable bonds is 4. The molecule has 0 aliphatic carbocycles. The first kappa shape index (κ1) is 12.8. The summed E-state index contributed by atoms with van der Waals surface area (Å²) < 4.78 is 2.61. The van der Waals surface area contributed by atoms with Gasteiger partial charge in [-0.2, -0.15) is 0 Å². The fourth-order valence-corrected chi connectivity index (χ4v) is 1.80. The molecule has 0 atom stereocenters. The summed E-state index contributed by atoms with van der Waals surface area (Å²) in [7, 11) is 4.33. The zero-order valence-electron chi connectivity index (χ0n) is 11.3. The highest BCUT2D eigenvalue weighted by Gasteiger charge is 2.12. The summed E-state index contributed by atoms with van der Waals surface area (Å²) in [5.74, 6) is 0. The van der Waals surface area contributed by atoms with Crippen molar-refractivity contribution in [3.8, 4) is 0 Å². The van der Waals surface area contributed by atoms with Crippen LogP contribution in [0.25, 0.3) is 10.9 Å². The fraction of sp³-hybridized carbons (Fsp3) is 0.429. The molecule has 0 fully saturated rings. The normalized spacial score (nSPS) is 11.9. The molecule has 1 aromatic heterocycles. The van der Waals surface area contributed by atoms with E-state index in [1.54, 1.807) is 10.9 Å². The molecule has 0 aliphatic heterocycles. The van der Waals surface area contributed by atoms with Crippen molar-refractivity contribution in [2.24, 2.45) is 0 Å². The fourth-order valence-electron chi connectivity index (χ4n) is 1.80. The molecule has 4 heteroatoms. The molecule has 1 aromatic carbocycles. The summed E-state index contributed by atoms with van der Waals surface area (Å²) in [5, 5.41) is 0.696. The number of hydrogen-bond donors (Lipinski definition) is 0. The van der Waals surface area contributed by atoms with Crippen LogP contribution in [0, 0.1) is 0 Å². The van der Waals surface area contributed by atoms with E-state index in [1.165, 1.54) is 0 Å². The molecule has 0 aliphatic rings. The number of quaternary nitrogens is 1. The van der Waals surface area contributed by atoms with Gasteiger partial charge in [-0.15, -0.1) is 0 Å². The van der Waals surface area contributed by atoms with Crippen LogP contribution in [0.1, 0.15) is 6.92 Å². The number of likely N-dealkylation sites (N-methyl/N-ethyl adjacent to an activating group) is 1. The van der Waals surface area contributed by atoms with E-state index >= 15 is 0 Å². The Morgan fingerprint density at radius 2 is 2.00 bits per heavy atom. The van der Waals surface area contributed by atoms with E-state index in [-0.39, 0.29) is 5.56 Å². The van der Waals surface area contributed by atoms with Crippen LogP contribution in [-0.2, 0) is 6.54 Å². The predicted octanol–water partition coefficient (Wildman–Crippen LogP) is 1.49. The van der Waals surface area contributed by atoms with E-state index in [1.807, 2.05) is 24.3 Å². The predicted molar refractivity (Wildman–Crippen MR) is 73.5 cm³/mol. The number of nitrogens with zero attached hydrogens (tertiary/aromatic N) is 3. The number of para-hydroxylation sites is 1. The van der Waals surface area contributed by atoms with Crippen LogP contribution < -0.4 is 5.56 Å². The molecule has 0 saturated heterocycles. The average Bonchev–Trinajstić information content (AvgIpc) is 2.38. The van der Waals surface area contributed by atoms with Crippen molar-refractivity contribution >= 4 is 10.9 Å². The first-order valence-corrected chi connectivity index (χ1v) is 6.30. The second kappa shape index (κ2) is 4.90. The van der Waals surface area contributed by atoms with Gasteiger partial charge in [0.2, 0.25) is 0 Å². The second-order valence-electron chi connectivity index (χ2n) is 5.24. The summed E-state index contributed by atoms with van der Waals surface area (Å²) in [6.07, 6.45) is 1.65. The number of aromatic nitrogens is 2. The first-order valence-electron chi connectivity index (χ1n) is 6.30. The van der Waals surface area contributed by atoms with Crippen molar-refractivity contribution in [1.82, 2.24) is 9.55 Å². The van der Waals surface area contributed by atoms with Gasteiger partial charge in [0.05, 0.1) is 51.0 Å². The maximum absolute atomic E-state index is 12.2. The minimum atomic E-state index is 0.0525. The maximum atomic E-state index is 12.2. The van der Waals surface area contributed by atoms with E-state index < -0.39 is 0 Å². The highest BCUT2D eigenvalue weighted by molar-refractivity contribution is 5.76. The van der Waals surface area contributed by atoms with Crippen LogP contribution >= 0.6 is 0 Å². The maximum Gasteiger partial charge on any atom is 0.261 e. The van der Waals surface area contributed by atoms with E-state index in [4.69, 9.17) is 0 Å². The van der Waals surface area contributed by atoms with Gasteiger partial charge in [-0.3, -0.25) is 9.36 Å². The highest BCUT2D eigenvalue weighted by Crippen LogP contribution is 2.05. The molecule has 2 aromatic rings.